The molecule has 0 aliphatic heterocycles. The van der Waals surface area contributed by atoms with Crippen LogP contribution in [0.5, 0.6) is 0 Å². The van der Waals surface area contributed by atoms with Crippen LogP contribution < -0.4 is 5.32 Å². The van der Waals surface area contributed by atoms with Gasteiger partial charge in [0.05, 0.1) is 5.02 Å². The fourth-order valence-electron chi connectivity index (χ4n) is 4.11. The minimum atomic E-state index is -0.282. The van der Waals surface area contributed by atoms with Crippen LogP contribution in [0.4, 0.5) is 5.69 Å². The van der Waals surface area contributed by atoms with E-state index in [1.165, 1.54) is 6.92 Å². The molecule has 0 bridgehead atoms. The topological polar surface area (TPSA) is 64.1 Å². The Bertz CT molecular complexity index is 1520. The first-order valence-electron chi connectivity index (χ1n) is 11.6. The summed E-state index contributed by atoms with van der Waals surface area (Å²) in [6.45, 7) is 2.35. The van der Waals surface area contributed by atoms with E-state index in [0.717, 1.165) is 44.6 Å². The highest BCUT2D eigenvalue weighted by Crippen LogP contribution is 2.38. The average Bonchev–Trinajstić information content (AvgIpc) is 2.91. The van der Waals surface area contributed by atoms with Crippen molar-refractivity contribution in [2.45, 2.75) is 20.1 Å². The number of nitrogens with one attached hydrogen (secondary N) is 1. The molecule has 0 aliphatic carbocycles. The Morgan fingerprint density at radius 3 is 2.33 bits per heavy atom. The quantitative estimate of drug-likeness (QED) is 0.241. The second-order valence-corrected chi connectivity index (χ2v) is 8.86. The summed E-state index contributed by atoms with van der Waals surface area (Å²) in [5.74, 6) is -0.282. The first-order chi connectivity index (χ1) is 17.6. The molecule has 0 saturated heterocycles. The van der Waals surface area contributed by atoms with Crippen LogP contribution >= 0.6 is 11.6 Å². The van der Waals surface area contributed by atoms with Crippen LogP contribution in [-0.4, -0.2) is 16.2 Å². The van der Waals surface area contributed by atoms with Crippen molar-refractivity contribution in [1.82, 2.24) is 10.2 Å². The molecule has 0 fully saturated rings. The lowest BCUT2D eigenvalue weighted by molar-refractivity contribution is -0.142. The van der Waals surface area contributed by atoms with Gasteiger partial charge in [0.2, 0.25) is 0 Å². The van der Waals surface area contributed by atoms with E-state index in [0.29, 0.717) is 17.1 Å². The van der Waals surface area contributed by atoms with Gasteiger partial charge in [-0.15, -0.1) is 10.2 Å². The third-order valence-electron chi connectivity index (χ3n) is 5.90. The van der Waals surface area contributed by atoms with E-state index >= 15 is 0 Å². The van der Waals surface area contributed by atoms with Gasteiger partial charge in [-0.25, -0.2) is 0 Å². The van der Waals surface area contributed by atoms with Gasteiger partial charge in [0.15, 0.2) is 0 Å². The summed E-state index contributed by atoms with van der Waals surface area (Å²) in [7, 11) is 0. The molecule has 5 nitrogen and oxygen atoms in total. The van der Waals surface area contributed by atoms with Gasteiger partial charge in [-0.05, 0) is 34.9 Å². The molecule has 5 aromatic rings. The zero-order chi connectivity index (χ0) is 24.9. The highest BCUT2D eigenvalue weighted by molar-refractivity contribution is 6.35. The monoisotopic (exact) mass is 493 g/mol. The lowest BCUT2D eigenvalue weighted by atomic mass is 9.95. The zero-order valence-corrected chi connectivity index (χ0v) is 20.5. The Labute approximate surface area is 214 Å². The van der Waals surface area contributed by atoms with Crippen LogP contribution in [0.1, 0.15) is 18.1 Å². The Hall–Kier alpha value is -4.22. The molecule has 6 heteroatoms. The van der Waals surface area contributed by atoms with Crippen LogP contribution in [0, 0.1) is 0 Å². The number of rotatable bonds is 7. The highest BCUT2D eigenvalue weighted by Gasteiger charge is 2.16. The number of hydrogen-bond acceptors (Lipinski definition) is 5. The SMILES string of the molecule is CC(=O)OCc1ccc(CNc2cccc(-c3c(-c4ccccc4)nnc4c(Cl)cccc34)c2)cc1. The lowest BCUT2D eigenvalue weighted by Gasteiger charge is -2.14. The van der Waals surface area contributed by atoms with Crippen molar-refractivity contribution in [1.29, 1.82) is 0 Å². The number of hydrogen-bond donors (Lipinski definition) is 1. The summed E-state index contributed by atoms with van der Waals surface area (Å²) >= 11 is 6.47. The van der Waals surface area contributed by atoms with Crippen LogP contribution in [0.25, 0.3) is 33.3 Å². The molecule has 0 radical (unpaired) electrons. The maximum Gasteiger partial charge on any atom is 0.302 e. The molecule has 5 rings (SSSR count). The molecular weight excluding hydrogens is 470 g/mol. The number of carbonyl (C=O) groups excluding carboxylic acids is 1. The van der Waals surface area contributed by atoms with Gasteiger partial charge in [0.1, 0.15) is 17.8 Å². The molecule has 0 atom stereocenters. The van der Waals surface area contributed by atoms with E-state index < -0.39 is 0 Å². The Morgan fingerprint density at radius 2 is 1.56 bits per heavy atom. The van der Waals surface area contributed by atoms with Crippen molar-refractivity contribution in [3.63, 3.8) is 0 Å². The van der Waals surface area contributed by atoms with Gasteiger partial charge < -0.3 is 10.1 Å². The van der Waals surface area contributed by atoms with Crippen LogP contribution in [0.3, 0.4) is 0 Å². The summed E-state index contributed by atoms with van der Waals surface area (Å²) in [4.78, 5) is 11.0. The van der Waals surface area contributed by atoms with Gasteiger partial charge >= 0.3 is 5.97 Å². The summed E-state index contributed by atoms with van der Waals surface area (Å²) in [5, 5.41) is 14.1. The predicted octanol–water partition coefficient (Wildman–Crippen LogP) is 7.29. The molecular formula is C30H24ClN3O2. The molecule has 36 heavy (non-hydrogen) atoms. The smallest absolute Gasteiger partial charge is 0.302 e. The van der Waals surface area contributed by atoms with Crippen LogP contribution in [-0.2, 0) is 22.7 Å². The first-order valence-corrected chi connectivity index (χ1v) is 12.0. The maximum absolute atomic E-state index is 11.0. The van der Waals surface area contributed by atoms with Crippen LogP contribution in [0.2, 0.25) is 5.02 Å². The van der Waals surface area contributed by atoms with Gasteiger partial charge in [-0.2, -0.15) is 0 Å². The van der Waals surface area contributed by atoms with Crippen LogP contribution in [0.15, 0.2) is 97.1 Å². The lowest BCUT2D eigenvalue weighted by Crippen LogP contribution is -2.01. The standard InChI is InChI=1S/C30H24ClN3O2/c1-20(35)36-19-22-15-13-21(14-16-22)18-32-25-10-5-9-24(17-25)28-26-11-6-12-27(31)30(26)34-33-29(28)23-7-3-2-4-8-23/h2-17,32H,18-19H2,1H3. The number of esters is 1. The first kappa shape index (κ1) is 23.5. The second kappa shape index (κ2) is 10.6. The van der Waals surface area contributed by atoms with E-state index in [1.807, 2.05) is 84.9 Å². The summed E-state index contributed by atoms with van der Waals surface area (Å²) < 4.78 is 5.06. The number of nitrogens with zero attached hydrogens (tertiary/aromatic N) is 2. The molecule has 0 aliphatic rings. The van der Waals surface area contributed by atoms with Crippen molar-refractivity contribution >= 4 is 34.2 Å². The Kier molecular flexibility index (Phi) is 6.92. The number of halogens is 1. The van der Waals surface area contributed by atoms with Crippen molar-refractivity contribution in [3.8, 4) is 22.4 Å². The van der Waals surface area contributed by atoms with E-state index in [9.17, 15) is 4.79 Å². The molecule has 1 heterocycles. The third kappa shape index (κ3) is 5.21. The largest absolute Gasteiger partial charge is 0.461 e. The summed E-state index contributed by atoms with van der Waals surface area (Å²) in [5.41, 5.74) is 7.58. The minimum Gasteiger partial charge on any atom is -0.461 e. The minimum absolute atomic E-state index is 0.282. The van der Waals surface area contributed by atoms with E-state index in [-0.39, 0.29) is 12.6 Å². The predicted molar refractivity (Wildman–Crippen MR) is 145 cm³/mol. The molecule has 4 aromatic carbocycles. The normalized spacial score (nSPS) is 10.8. The van der Waals surface area contributed by atoms with Gasteiger partial charge in [0, 0.05) is 35.7 Å². The zero-order valence-electron chi connectivity index (χ0n) is 19.7. The molecule has 1 aromatic heterocycles. The summed E-state index contributed by atoms with van der Waals surface area (Å²) in [6.07, 6.45) is 0. The number of ether oxygens (including phenoxy) is 1. The fraction of sp³-hybridized carbons (Fsp3) is 0.100. The fourth-order valence-corrected chi connectivity index (χ4v) is 4.33. The van der Waals surface area contributed by atoms with Gasteiger partial charge in [-0.1, -0.05) is 90.5 Å². The van der Waals surface area contributed by atoms with Crippen molar-refractivity contribution in [2.24, 2.45) is 0 Å². The van der Waals surface area contributed by atoms with E-state index in [2.05, 4.69) is 27.6 Å². The Balaban J connectivity index is 1.46. The number of aromatic nitrogens is 2. The van der Waals surface area contributed by atoms with Crippen molar-refractivity contribution in [3.05, 3.63) is 113 Å². The van der Waals surface area contributed by atoms with E-state index in [1.54, 1.807) is 0 Å². The number of anilines is 1. The highest BCUT2D eigenvalue weighted by atomic mass is 35.5. The number of benzene rings is 4. The number of fused-ring (bicyclic) bond motifs is 1. The van der Waals surface area contributed by atoms with Crippen molar-refractivity contribution < 1.29 is 9.53 Å². The average molecular weight is 494 g/mol. The number of carbonyl (C=O) groups is 1. The molecule has 0 saturated carbocycles. The Morgan fingerprint density at radius 1 is 0.833 bits per heavy atom. The molecule has 1 N–H and O–H groups in total. The van der Waals surface area contributed by atoms with Crippen molar-refractivity contribution in [2.75, 3.05) is 5.32 Å². The molecule has 178 valence electrons. The third-order valence-corrected chi connectivity index (χ3v) is 6.21. The van der Waals surface area contributed by atoms with Gasteiger partial charge in [0.25, 0.3) is 0 Å². The van der Waals surface area contributed by atoms with E-state index in [4.69, 9.17) is 16.3 Å². The second-order valence-electron chi connectivity index (χ2n) is 8.46. The molecule has 0 amide bonds. The molecule has 0 unspecified atom stereocenters. The maximum atomic E-state index is 11.0. The molecule has 0 spiro atoms. The van der Waals surface area contributed by atoms with Gasteiger partial charge in [-0.3, -0.25) is 4.79 Å². The summed E-state index contributed by atoms with van der Waals surface area (Å²) in [6, 6.07) is 32.2.